The number of nitrogens with zero attached hydrogens (tertiary/aromatic N) is 2. The van der Waals surface area contributed by atoms with Crippen LogP contribution in [0.3, 0.4) is 0 Å². The van der Waals surface area contributed by atoms with E-state index in [4.69, 9.17) is 5.73 Å². The van der Waals surface area contributed by atoms with Gasteiger partial charge >= 0.3 is 0 Å². The molecule has 1 unspecified atom stereocenters. The zero-order valence-corrected chi connectivity index (χ0v) is 10.9. The maximum absolute atomic E-state index is 5.97. The number of imidazole rings is 1. The van der Waals surface area contributed by atoms with E-state index >= 15 is 0 Å². The van der Waals surface area contributed by atoms with Crippen LogP contribution in [0, 0.1) is 6.92 Å². The number of aryl methyl sites for hydroxylation is 1. The second kappa shape index (κ2) is 4.39. The van der Waals surface area contributed by atoms with Gasteiger partial charge in [0.15, 0.2) is 0 Å². The van der Waals surface area contributed by atoms with Crippen LogP contribution in [0.1, 0.15) is 24.4 Å². The van der Waals surface area contributed by atoms with Crippen molar-refractivity contribution in [2.24, 2.45) is 5.73 Å². The van der Waals surface area contributed by atoms with Crippen LogP contribution in [0.15, 0.2) is 35.1 Å². The van der Waals surface area contributed by atoms with Gasteiger partial charge in [0.2, 0.25) is 0 Å². The number of aromatic nitrogens is 2. The highest BCUT2D eigenvalue weighted by Crippen LogP contribution is 2.25. The van der Waals surface area contributed by atoms with Crippen LogP contribution in [0.25, 0.3) is 5.69 Å². The topological polar surface area (TPSA) is 43.8 Å². The number of rotatable bonds is 2. The second-order valence-corrected chi connectivity index (χ2v) is 4.75. The van der Waals surface area contributed by atoms with Crippen molar-refractivity contribution in [2.75, 3.05) is 0 Å². The Balaban J connectivity index is 2.63. The molecule has 1 aromatic heterocycles. The summed E-state index contributed by atoms with van der Waals surface area (Å²) in [5, 5.41) is 0. The highest BCUT2D eigenvalue weighted by Gasteiger charge is 2.10. The third-order valence-electron chi connectivity index (χ3n) is 2.57. The van der Waals surface area contributed by atoms with Crippen LogP contribution < -0.4 is 5.73 Å². The van der Waals surface area contributed by atoms with E-state index in [1.807, 2.05) is 36.7 Å². The van der Waals surface area contributed by atoms with Gasteiger partial charge < -0.3 is 10.3 Å². The number of hydrogen-bond acceptors (Lipinski definition) is 2. The first kappa shape index (κ1) is 11.4. The molecule has 2 N–H and O–H groups in total. The second-order valence-electron chi connectivity index (χ2n) is 3.84. The van der Waals surface area contributed by atoms with Crippen LogP contribution >= 0.6 is 15.9 Å². The Bertz CT molecular complexity index is 503. The van der Waals surface area contributed by atoms with Crippen molar-refractivity contribution < 1.29 is 0 Å². The number of benzene rings is 1. The molecule has 4 heteroatoms. The fraction of sp³-hybridized carbons (Fsp3) is 0.250. The zero-order chi connectivity index (χ0) is 11.7. The van der Waals surface area contributed by atoms with E-state index < -0.39 is 0 Å². The Kier molecular flexibility index (Phi) is 3.12. The number of hydrogen-bond donors (Lipinski definition) is 1. The summed E-state index contributed by atoms with van der Waals surface area (Å²) < 4.78 is 3.09. The summed E-state index contributed by atoms with van der Waals surface area (Å²) in [7, 11) is 0. The van der Waals surface area contributed by atoms with Gasteiger partial charge in [-0.15, -0.1) is 0 Å². The molecule has 1 heterocycles. The molecule has 0 radical (unpaired) electrons. The zero-order valence-electron chi connectivity index (χ0n) is 9.31. The molecule has 0 aliphatic heterocycles. The van der Waals surface area contributed by atoms with Gasteiger partial charge in [-0.2, -0.15) is 0 Å². The van der Waals surface area contributed by atoms with Crippen LogP contribution in [-0.2, 0) is 0 Å². The average molecular weight is 280 g/mol. The molecule has 0 fully saturated rings. The predicted octanol–water partition coefficient (Wildman–Crippen LogP) is 2.96. The average Bonchev–Trinajstić information content (AvgIpc) is 2.63. The molecule has 84 valence electrons. The minimum absolute atomic E-state index is 0.00454. The molecule has 3 nitrogen and oxygen atoms in total. The summed E-state index contributed by atoms with van der Waals surface area (Å²) in [4.78, 5) is 4.23. The molecule has 0 spiro atoms. The lowest BCUT2D eigenvalue weighted by atomic mass is 10.1. The lowest BCUT2D eigenvalue weighted by Crippen LogP contribution is -2.10. The molecule has 0 saturated carbocycles. The van der Waals surface area contributed by atoms with Crippen molar-refractivity contribution >= 4 is 15.9 Å². The van der Waals surface area contributed by atoms with Crippen molar-refractivity contribution in [3.05, 3.63) is 46.5 Å². The molecule has 2 rings (SSSR count). The normalized spacial score (nSPS) is 12.8. The van der Waals surface area contributed by atoms with E-state index in [9.17, 15) is 0 Å². The summed E-state index contributed by atoms with van der Waals surface area (Å²) in [6, 6.07) is 6.12. The van der Waals surface area contributed by atoms with E-state index in [2.05, 4.69) is 27.0 Å². The van der Waals surface area contributed by atoms with Gasteiger partial charge in [0.25, 0.3) is 0 Å². The van der Waals surface area contributed by atoms with Crippen molar-refractivity contribution in [1.82, 2.24) is 9.55 Å². The van der Waals surface area contributed by atoms with Crippen LogP contribution in [0.2, 0.25) is 0 Å². The monoisotopic (exact) mass is 279 g/mol. The fourth-order valence-corrected chi connectivity index (χ4v) is 2.09. The van der Waals surface area contributed by atoms with E-state index in [1.54, 1.807) is 6.20 Å². The molecule has 0 amide bonds. The molecule has 0 aliphatic rings. The van der Waals surface area contributed by atoms with Gasteiger partial charge in [-0.05, 0) is 31.5 Å². The Morgan fingerprint density at radius 1 is 1.44 bits per heavy atom. The first-order chi connectivity index (χ1) is 7.59. The summed E-state index contributed by atoms with van der Waals surface area (Å²) in [5.41, 5.74) is 8.17. The third kappa shape index (κ3) is 2.03. The van der Waals surface area contributed by atoms with Gasteiger partial charge in [-0.25, -0.2) is 4.98 Å². The molecular weight excluding hydrogens is 266 g/mol. The first-order valence-corrected chi connectivity index (χ1v) is 5.94. The Morgan fingerprint density at radius 2 is 2.19 bits per heavy atom. The van der Waals surface area contributed by atoms with Crippen LogP contribution in [-0.4, -0.2) is 9.55 Å². The minimum atomic E-state index is 0.00454. The number of halogens is 1. The van der Waals surface area contributed by atoms with Crippen molar-refractivity contribution in [2.45, 2.75) is 19.9 Å². The SMILES string of the molecule is Cc1nccn1-c1cc(Br)ccc1C(C)N. The van der Waals surface area contributed by atoms with E-state index in [0.717, 1.165) is 21.5 Å². The molecule has 0 bridgehead atoms. The van der Waals surface area contributed by atoms with Crippen molar-refractivity contribution in [3.8, 4) is 5.69 Å². The van der Waals surface area contributed by atoms with E-state index in [-0.39, 0.29) is 6.04 Å². The fourth-order valence-electron chi connectivity index (χ4n) is 1.74. The predicted molar refractivity (Wildman–Crippen MR) is 68.6 cm³/mol. The lowest BCUT2D eigenvalue weighted by molar-refractivity contribution is 0.798. The molecule has 0 aliphatic carbocycles. The van der Waals surface area contributed by atoms with Gasteiger partial charge in [-0.1, -0.05) is 22.0 Å². The van der Waals surface area contributed by atoms with E-state index in [1.165, 1.54) is 0 Å². The van der Waals surface area contributed by atoms with Gasteiger partial charge in [0.05, 0.1) is 5.69 Å². The van der Waals surface area contributed by atoms with Crippen LogP contribution in [0.4, 0.5) is 0 Å². The maximum atomic E-state index is 5.97. The highest BCUT2D eigenvalue weighted by molar-refractivity contribution is 9.10. The summed E-state index contributed by atoms with van der Waals surface area (Å²) in [5.74, 6) is 0.958. The molecule has 1 aromatic carbocycles. The molecular formula is C12H14BrN3. The molecule has 1 atom stereocenters. The summed E-state index contributed by atoms with van der Waals surface area (Å²) in [6.07, 6.45) is 3.74. The number of nitrogens with two attached hydrogens (primary N) is 1. The Hall–Kier alpha value is -1.13. The Labute approximate surface area is 103 Å². The standard InChI is InChI=1S/C12H14BrN3/c1-8(14)11-4-3-10(13)7-12(11)16-6-5-15-9(16)2/h3-8H,14H2,1-2H3. The Morgan fingerprint density at radius 3 is 2.75 bits per heavy atom. The summed E-state index contributed by atoms with van der Waals surface area (Å²) in [6.45, 7) is 3.96. The van der Waals surface area contributed by atoms with Crippen molar-refractivity contribution in [3.63, 3.8) is 0 Å². The maximum Gasteiger partial charge on any atom is 0.110 e. The summed E-state index contributed by atoms with van der Waals surface area (Å²) >= 11 is 3.48. The van der Waals surface area contributed by atoms with Crippen molar-refractivity contribution in [1.29, 1.82) is 0 Å². The minimum Gasteiger partial charge on any atom is -0.324 e. The molecule has 0 saturated heterocycles. The largest absolute Gasteiger partial charge is 0.324 e. The molecule has 2 aromatic rings. The van der Waals surface area contributed by atoms with Gasteiger partial charge in [0, 0.05) is 22.9 Å². The van der Waals surface area contributed by atoms with Gasteiger partial charge in [0.1, 0.15) is 5.82 Å². The van der Waals surface area contributed by atoms with Crippen LogP contribution in [0.5, 0.6) is 0 Å². The quantitative estimate of drug-likeness (QED) is 0.919. The third-order valence-corrected chi connectivity index (χ3v) is 3.06. The lowest BCUT2D eigenvalue weighted by Gasteiger charge is -2.15. The smallest absolute Gasteiger partial charge is 0.110 e. The molecule has 16 heavy (non-hydrogen) atoms. The first-order valence-electron chi connectivity index (χ1n) is 5.15. The van der Waals surface area contributed by atoms with E-state index in [0.29, 0.717) is 0 Å². The van der Waals surface area contributed by atoms with Gasteiger partial charge in [-0.3, -0.25) is 0 Å². The highest BCUT2D eigenvalue weighted by atomic mass is 79.9.